The molecule has 0 unspecified atom stereocenters. The summed E-state index contributed by atoms with van der Waals surface area (Å²) >= 11 is 7.29. The molecule has 0 radical (unpaired) electrons. The second-order valence-corrected chi connectivity index (χ2v) is 10.8. The summed E-state index contributed by atoms with van der Waals surface area (Å²) in [6, 6.07) is 8.58. The van der Waals surface area contributed by atoms with E-state index in [0.29, 0.717) is 52.2 Å². The van der Waals surface area contributed by atoms with Crippen molar-refractivity contribution in [1.29, 1.82) is 0 Å². The predicted molar refractivity (Wildman–Crippen MR) is 138 cm³/mol. The van der Waals surface area contributed by atoms with Crippen LogP contribution in [0.4, 0.5) is 5.69 Å². The van der Waals surface area contributed by atoms with Crippen LogP contribution < -0.4 is 5.32 Å². The number of anilines is 1. The quantitative estimate of drug-likeness (QED) is 0.462. The fourth-order valence-corrected chi connectivity index (χ4v) is 5.79. The van der Waals surface area contributed by atoms with Crippen molar-refractivity contribution >= 4 is 58.2 Å². The summed E-state index contributed by atoms with van der Waals surface area (Å²) in [5, 5.41) is 3.24. The first-order chi connectivity index (χ1) is 16.7. The molecule has 1 spiro atoms. The van der Waals surface area contributed by atoms with Crippen molar-refractivity contribution in [3.05, 3.63) is 56.7 Å². The van der Waals surface area contributed by atoms with Crippen molar-refractivity contribution in [3.8, 4) is 0 Å². The van der Waals surface area contributed by atoms with E-state index in [2.05, 4.69) is 5.32 Å². The summed E-state index contributed by atoms with van der Waals surface area (Å²) in [6.45, 7) is 5.58. The number of ketones is 1. The smallest absolute Gasteiger partial charge is 0.263 e. The van der Waals surface area contributed by atoms with Gasteiger partial charge in [0.15, 0.2) is 5.78 Å². The monoisotopic (exact) mass is 513 g/mol. The number of benzene rings is 1. The van der Waals surface area contributed by atoms with Crippen LogP contribution in [0.25, 0.3) is 6.08 Å². The molecule has 184 valence electrons. The minimum Gasteiger partial charge on any atom is -0.339 e. The minimum atomic E-state index is -0.210. The summed E-state index contributed by atoms with van der Waals surface area (Å²) in [6.07, 6.45) is 5.85. The number of piperidine rings is 1. The highest BCUT2D eigenvalue weighted by molar-refractivity contribution is 7.15. The van der Waals surface area contributed by atoms with Crippen molar-refractivity contribution in [2.24, 2.45) is 5.41 Å². The van der Waals surface area contributed by atoms with Crippen LogP contribution in [-0.2, 0) is 9.59 Å². The van der Waals surface area contributed by atoms with Gasteiger partial charge in [-0.25, -0.2) is 0 Å². The lowest BCUT2D eigenvalue weighted by Gasteiger charge is -2.39. The first-order valence-corrected chi connectivity index (χ1v) is 12.8. The maximum absolute atomic E-state index is 12.9. The van der Waals surface area contributed by atoms with E-state index in [0.717, 1.165) is 19.3 Å². The average Bonchev–Trinajstić information content (AvgIpc) is 3.46. The van der Waals surface area contributed by atoms with Gasteiger partial charge in [-0.3, -0.25) is 19.2 Å². The summed E-state index contributed by atoms with van der Waals surface area (Å²) in [4.78, 5) is 53.7. The van der Waals surface area contributed by atoms with Gasteiger partial charge in [-0.05, 0) is 67.5 Å². The lowest BCUT2D eigenvalue weighted by Crippen LogP contribution is -2.44. The molecule has 4 rings (SSSR count). The van der Waals surface area contributed by atoms with Crippen LogP contribution in [0.2, 0.25) is 5.02 Å². The number of hydrogen-bond donors (Lipinski definition) is 1. The molecular weight excluding hydrogens is 486 g/mol. The molecular formula is C26H28ClN3O4S. The van der Waals surface area contributed by atoms with E-state index in [1.165, 1.54) is 31.3 Å². The molecule has 3 heterocycles. The highest BCUT2D eigenvalue weighted by Gasteiger charge is 2.42. The van der Waals surface area contributed by atoms with Gasteiger partial charge >= 0.3 is 0 Å². The Kier molecular flexibility index (Phi) is 7.42. The predicted octanol–water partition coefficient (Wildman–Crippen LogP) is 4.73. The molecule has 0 atom stereocenters. The standard InChI is InChI=1S/C26H28ClN3O4S/c1-17(31)22-6-7-23(35-22)25(34)29-12-9-26(10-13-29)11-14-30(16-26)24(33)8-4-19-3-5-20(27)15-21(19)28-18(2)32/h3-8,15H,9-14,16H2,1-2H3,(H,28,32)/b8-4+. The maximum atomic E-state index is 12.9. The first-order valence-electron chi connectivity index (χ1n) is 11.6. The Hall–Kier alpha value is -2.97. The molecule has 2 aromatic rings. The Morgan fingerprint density at radius 1 is 0.971 bits per heavy atom. The molecule has 2 aliphatic heterocycles. The van der Waals surface area contributed by atoms with E-state index in [1.54, 1.807) is 36.4 Å². The topological polar surface area (TPSA) is 86.8 Å². The molecule has 7 nitrogen and oxygen atoms in total. The molecule has 0 saturated carbocycles. The van der Waals surface area contributed by atoms with Gasteiger partial charge in [-0.1, -0.05) is 17.7 Å². The average molecular weight is 514 g/mol. The third-order valence-corrected chi connectivity index (χ3v) is 8.17. The SMILES string of the molecule is CC(=O)Nc1cc(Cl)ccc1/C=C/C(=O)N1CCC2(CCN(C(=O)c3ccc(C(C)=O)s3)CC2)C1. The molecule has 0 aliphatic carbocycles. The minimum absolute atomic E-state index is 0.0239. The van der Waals surface area contributed by atoms with Gasteiger partial charge in [0.2, 0.25) is 11.8 Å². The Labute approximate surface area is 213 Å². The number of nitrogens with zero attached hydrogens (tertiary/aromatic N) is 2. The molecule has 2 fully saturated rings. The Balaban J connectivity index is 1.34. The lowest BCUT2D eigenvalue weighted by molar-refractivity contribution is -0.125. The summed E-state index contributed by atoms with van der Waals surface area (Å²) < 4.78 is 0. The van der Waals surface area contributed by atoms with Gasteiger partial charge in [0.05, 0.1) is 9.75 Å². The van der Waals surface area contributed by atoms with E-state index in [4.69, 9.17) is 11.6 Å². The van der Waals surface area contributed by atoms with Crippen molar-refractivity contribution < 1.29 is 19.2 Å². The molecule has 1 aromatic carbocycles. The number of thiophene rings is 1. The number of likely N-dealkylation sites (tertiary alicyclic amines) is 2. The van der Waals surface area contributed by atoms with Gasteiger partial charge in [-0.2, -0.15) is 0 Å². The molecule has 35 heavy (non-hydrogen) atoms. The second-order valence-electron chi connectivity index (χ2n) is 9.27. The molecule has 1 aromatic heterocycles. The van der Waals surface area contributed by atoms with Crippen LogP contribution in [0.5, 0.6) is 0 Å². The molecule has 9 heteroatoms. The van der Waals surface area contributed by atoms with Crippen LogP contribution in [0.15, 0.2) is 36.4 Å². The van der Waals surface area contributed by atoms with Gasteiger partial charge < -0.3 is 15.1 Å². The van der Waals surface area contributed by atoms with Gasteiger partial charge in [0, 0.05) is 49.9 Å². The van der Waals surface area contributed by atoms with E-state index < -0.39 is 0 Å². The number of carbonyl (C=O) groups excluding carboxylic acids is 4. The van der Waals surface area contributed by atoms with Crippen LogP contribution in [-0.4, -0.2) is 59.5 Å². The van der Waals surface area contributed by atoms with E-state index >= 15 is 0 Å². The zero-order chi connectivity index (χ0) is 25.2. The zero-order valence-electron chi connectivity index (χ0n) is 19.8. The van der Waals surface area contributed by atoms with Crippen molar-refractivity contribution in [2.45, 2.75) is 33.1 Å². The molecule has 2 saturated heterocycles. The van der Waals surface area contributed by atoms with E-state index in [-0.39, 0.29) is 28.9 Å². The third kappa shape index (κ3) is 5.82. The highest BCUT2D eigenvalue weighted by Crippen LogP contribution is 2.41. The first kappa shape index (κ1) is 25.1. The largest absolute Gasteiger partial charge is 0.339 e. The molecule has 1 N–H and O–H groups in total. The highest BCUT2D eigenvalue weighted by atomic mass is 35.5. The van der Waals surface area contributed by atoms with Crippen molar-refractivity contribution in [3.63, 3.8) is 0 Å². The van der Waals surface area contributed by atoms with Crippen LogP contribution in [0.3, 0.4) is 0 Å². The number of rotatable bonds is 5. The summed E-state index contributed by atoms with van der Waals surface area (Å²) in [5.74, 6) is -0.333. The van der Waals surface area contributed by atoms with Gasteiger partial charge in [-0.15, -0.1) is 11.3 Å². The fourth-order valence-electron chi connectivity index (χ4n) is 4.75. The number of hydrogen-bond acceptors (Lipinski definition) is 5. The van der Waals surface area contributed by atoms with E-state index in [1.807, 2.05) is 9.80 Å². The molecule has 2 aliphatic rings. The number of Topliss-reactive ketones (excluding diaryl/α,β-unsaturated/α-hetero) is 1. The summed E-state index contributed by atoms with van der Waals surface area (Å²) in [5.41, 5.74) is 1.30. The van der Waals surface area contributed by atoms with Crippen LogP contribution in [0.1, 0.15) is 58.0 Å². The number of nitrogens with one attached hydrogen (secondary N) is 1. The second kappa shape index (κ2) is 10.3. The lowest BCUT2D eigenvalue weighted by atomic mass is 9.78. The summed E-state index contributed by atoms with van der Waals surface area (Å²) in [7, 11) is 0. The number of halogens is 1. The van der Waals surface area contributed by atoms with E-state index in [9.17, 15) is 19.2 Å². The number of carbonyl (C=O) groups is 4. The zero-order valence-corrected chi connectivity index (χ0v) is 21.4. The van der Waals surface area contributed by atoms with Gasteiger partial charge in [0.25, 0.3) is 5.91 Å². The molecule has 3 amide bonds. The molecule has 0 bridgehead atoms. The normalized spacial score (nSPS) is 17.2. The Bertz CT molecular complexity index is 1200. The van der Waals surface area contributed by atoms with Crippen molar-refractivity contribution in [1.82, 2.24) is 9.80 Å². The van der Waals surface area contributed by atoms with Gasteiger partial charge in [0.1, 0.15) is 0 Å². The third-order valence-electron chi connectivity index (χ3n) is 6.76. The van der Waals surface area contributed by atoms with Crippen LogP contribution in [0, 0.1) is 5.41 Å². The van der Waals surface area contributed by atoms with Crippen LogP contribution >= 0.6 is 22.9 Å². The Morgan fingerprint density at radius 2 is 1.63 bits per heavy atom. The fraction of sp³-hybridized carbons (Fsp3) is 0.385. The maximum Gasteiger partial charge on any atom is 0.263 e. The van der Waals surface area contributed by atoms with Crippen molar-refractivity contribution in [2.75, 3.05) is 31.5 Å². The number of amides is 3. The Morgan fingerprint density at radius 3 is 2.26 bits per heavy atom.